The van der Waals surface area contributed by atoms with Crippen molar-refractivity contribution in [3.63, 3.8) is 0 Å². The number of aromatic hydroxyl groups is 1. The Morgan fingerprint density at radius 2 is 1.86 bits per heavy atom. The molecule has 0 spiro atoms. The first kappa shape index (κ1) is 21.1. The van der Waals surface area contributed by atoms with Crippen LogP contribution in [0.5, 0.6) is 5.75 Å². The average Bonchev–Trinajstić information content (AvgIpc) is 2.69. The van der Waals surface area contributed by atoms with E-state index in [9.17, 15) is 9.90 Å². The fourth-order valence-corrected chi connectivity index (χ4v) is 3.87. The van der Waals surface area contributed by atoms with E-state index in [1.807, 2.05) is 12.1 Å². The van der Waals surface area contributed by atoms with Crippen LogP contribution in [0.2, 0.25) is 0 Å². The SMILES string of the molecule is CCCCCCC(C)(C)c1cc(O)c2c(c1)oc(=O)c1ccc(/C=C\CO)cc12. The van der Waals surface area contributed by atoms with Crippen LogP contribution in [0.4, 0.5) is 0 Å². The first-order valence-corrected chi connectivity index (χ1v) is 10.4. The summed E-state index contributed by atoms with van der Waals surface area (Å²) in [6.07, 6.45) is 9.17. The number of benzene rings is 2. The van der Waals surface area contributed by atoms with E-state index in [0.717, 1.165) is 24.0 Å². The fraction of sp³-hybridized carbons (Fsp3) is 0.400. The minimum absolute atomic E-state index is 0.0579. The molecule has 0 amide bonds. The van der Waals surface area contributed by atoms with E-state index in [0.29, 0.717) is 21.7 Å². The molecule has 4 nitrogen and oxygen atoms in total. The van der Waals surface area contributed by atoms with Crippen LogP contribution in [0.3, 0.4) is 0 Å². The number of phenols is 1. The normalized spacial score (nSPS) is 12.4. The maximum Gasteiger partial charge on any atom is 0.344 e. The summed E-state index contributed by atoms with van der Waals surface area (Å²) in [6, 6.07) is 9.03. The number of rotatable bonds is 8. The van der Waals surface area contributed by atoms with Crippen LogP contribution in [0.15, 0.2) is 45.6 Å². The lowest BCUT2D eigenvalue weighted by atomic mass is 9.79. The van der Waals surface area contributed by atoms with Gasteiger partial charge < -0.3 is 14.6 Å². The Kier molecular flexibility index (Phi) is 6.43. The monoisotopic (exact) mass is 394 g/mol. The molecule has 1 heterocycles. The molecule has 29 heavy (non-hydrogen) atoms. The van der Waals surface area contributed by atoms with Crippen molar-refractivity contribution < 1.29 is 14.6 Å². The van der Waals surface area contributed by atoms with Gasteiger partial charge in [0.25, 0.3) is 0 Å². The van der Waals surface area contributed by atoms with Crippen molar-refractivity contribution in [3.05, 3.63) is 58.0 Å². The zero-order valence-corrected chi connectivity index (χ0v) is 17.5. The van der Waals surface area contributed by atoms with E-state index >= 15 is 0 Å². The van der Waals surface area contributed by atoms with Crippen LogP contribution in [0.1, 0.15) is 64.0 Å². The Hall–Kier alpha value is -2.59. The van der Waals surface area contributed by atoms with Gasteiger partial charge in [-0.05, 0) is 47.2 Å². The van der Waals surface area contributed by atoms with Crippen LogP contribution in [-0.2, 0) is 5.41 Å². The Morgan fingerprint density at radius 1 is 1.07 bits per heavy atom. The molecule has 0 radical (unpaired) electrons. The van der Waals surface area contributed by atoms with Crippen LogP contribution in [0, 0.1) is 0 Å². The first-order valence-electron chi connectivity index (χ1n) is 10.4. The summed E-state index contributed by atoms with van der Waals surface area (Å²) in [5.74, 6) is 0.121. The number of fused-ring (bicyclic) bond motifs is 3. The molecule has 1 aromatic heterocycles. The largest absolute Gasteiger partial charge is 0.507 e. The predicted octanol–water partition coefficient (Wildman–Crippen LogP) is 5.91. The summed E-state index contributed by atoms with van der Waals surface area (Å²) in [7, 11) is 0. The Bertz CT molecular complexity index is 1090. The highest BCUT2D eigenvalue weighted by atomic mass is 16.4. The van der Waals surface area contributed by atoms with Crippen LogP contribution in [-0.4, -0.2) is 16.8 Å². The molecule has 2 aromatic carbocycles. The van der Waals surface area contributed by atoms with Crippen molar-refractivity contribution in [2.24, 2.45) is 0 Å². The number of hydrogen-bond donors (Lipinski definition) is 2. The zero-order chi connectivity index (χ0) is 21.0. The van der Waals surface area contributed by atoms with Gasteiger partial charge in [0.15, 0.2) is 0 Å². The van der Waals surface area contributed by atoms with Crippen molar-refractivity contribution in [1.82, 2.24) is 0 Å². The van der Waals surface area contributed by atoms with Gasteiger partial charge in [0.05, 0.1) is 17.4 Å². The van der Waals surface area contributed by atoms with Crippen LogP contribution >= 0.6 is 0 Å². The lowest BCUT2D eigenvalue weighted by molar-refractivity contribution is 0.343. The summed E-state index contributed by atoms with van der Waals surface area (Å²) < 4.78 is 5.58. The molecule has 0 aliphatic carbocycles. The zero-order valence-electron chi connectivity index (χ0n) is 17.5. The van der Waals surface area contributed by atoms with Crippen molar-refractivity contribution in [2.45, 2.75) is 58.3 Å². The molecule has 3 rings (SSSR count). The molecule has 0 aliphatic rings. The molecule has 0 unspecified atom stereocenters. The molecule has 0 atom stereocenters. The Morgan fingerprint density at radius 3 is 2.59 bits per heavy atom. The second-order valence-electron chi connectivity index (χ2n) is 8.34. The van der Waals surface area contributed by atoms with Gasteiger partial charge in [0, 0.05) is 5.39 Å². The van der Waals surface area contributed by atoms with Crippen LogP contribution < -0.4 is 5.63 Å². The molecule has 0 aliphatic heterocycles. The van der Waals surface area contributed by atoms with E-state index in [1.165, 1.54) is 19.3 Å². The van der Waals surface area contributed by atoms with Crippen molar-refractivity contribution in [3.8, 4) is 5.75 Å². The number of aliphatic hydroxyl groups excluding tert-OH is 1. The van der Waals surface area contributed by atoms with Gasteiger partial charge in [-0.2, -0.15) is 0 Å². The quantitative estimate of drug-likeness (QED) is 0.283. The van der Waals surface area contributed by atoms with Gasteiger partial charge in [-0.25, -0.2) is 4.79 Å². The molecule has 154 valence electrons. The summed E-state index contributed by atoms with van der Waals surface area (Å²) in [5, 5.41) is 21.5. The molecule has 0 saturated carbocycles. The summed E-state index contributed by atoms with van der Waals surface area (Å²) >= 11 is 0. The maximum atomic E-state index is 12.5. The molecule has 0 saturated heterocycles. The second kappa shape index (κ2) is 8.83. The molecular formula is C25H30O4. The fourth-order valence-electron chi connectivity index (χ4n) is 3.87. The lowest BCUT2D eigenvalue weighted by Gasteiger charge is -2.26. The third-order valence-corrected chi connectivity index (χ3v) is 5.67. The van der Waals surface area contributed by atoms with E-state index in [4.69, 9.17) is 9.52 Å². The molecule has 0 bridgehead atoms. The third-order valence-electron chi connectivity index (χ3n) is 5.67. The highest BCUT2D eigenvalue weighted by Crippen LogP contribution is 2.38. The number of aliphatic hydroxyl groups is 1. The van der Waals surface area contributed by atoms with Gasteiger partial charge in [-0.1, -0.05) is 64.7 Å². The van der Waals surface area contributed by atoms with Crippen molar-refractivity contribution in [2.75, 3.05) is 6.61 Å². The topological polar surface area (TPSA) is 70.7 Å². The third kappa shape index (κ3) is 4.54. The first-order chi connectivity index (χ1) is 13.9. The number of hydrogen-bond acceptors (Lipinski definition) is 4. The van der Waals surface area contributed by atoms with Crippen LogP contribution in [0.25, 0.3) is 27.8 Å². The van der Waals surface area contributed by atoms with Gasteiger partial charge in [-0.15, -0.1) is 0 Å². The smallest absolute Gasteiger partial charge is 0.344 e. The maximum absolute atomic E-state index is 12.5. The molecule has 3 aromatic rings. The standard InChI is InChI=1S/C25H30O4/c1-4-5-6-7-12-25(2,3)18-15-21(27)23-20-14-17(9-8-13-26)10-11-19(20)24(28)29-22(23)16-18/h8-11,14-16,26-27H,4-7,12-13H2,1-3H3/b9-8-. The highest BCUT2D eigenvalue weighted by Gasteiger charge is 2.23. The highest BCUT2D eigenvalue weighted by molar-refractivity contribution is 6.08. The van der Waals surface area contributed by atoms with Crippen molar-refractivity contribution in [1.29, 1.82) is 0 Å². The lowest BCUT2D eigenvalue weighted by Crippen LogP contribution is -2.17. The second-order valence-corrected chi connectivity index (χ2v) is 8.34. The predicted molar refractivity (Wildman–Crippen MR) is 120 cm³/mol. The summed E-state index contributed by atoms with van der Waals surface area (Å²) in [6.45, 7) is 6.47. The minimum Gasteiger partial charge on any atom is -0.507 e. The average molecular weight is 395 g/mol. The van der Waals surface area contributed by atoms with E-state index in [-0.39, 0.29) is 17.8 Å². The van der Waals surface area contributed by atoms with Gasteiger partial charge in [-0.3, -0.25) is 0 Å². The molecule has 2 N–H and O–H groups in total. The van der Waals surface area contributed by atoms with Gasteiger partial charge >= 0.3 is 5.63 Å². The number of unbranched alkanes of at least 4 members (excludes halogenated alkanes) is 3. The molecular weight excluding hydrogens is 364 g/mol. The summed E-state index contributed by atoms with van der Waals surface area (Å²) in [5.41, 5.74) is 1.68. The van der Waals surface area contributed by atoms with Crippen molar-refractivity contribution >= 4 is 27.8 Å². The molecule has 0 fully saturated rings. The van der Waals surface area contributed by atoms with Gasteiger partial charge in [0.2, 0.25) is 0 Å². The number of phenolic OH excluding ortho intramolecular Hbond substituents is 1. The summed E-state index contributed by atoms with van der Waals surface area (Å²) in [4.78, 5) is 12.5. The molecule has 4 heteroatoms. The Labute approximate surface area is 171 Å². The van der Waals surface area contributed by atoms with Gasteiger partial charge in [0.1, 0.15) is 11.3 Å². The van der Waals surface area contributed by atoms with E-state index < -0.39 is 5.63 Å². The van der Waals surface area contributed by atoms with E-state index in [2.05, 4.69) is 20.8 Å². The Balaban J connectivity index is 2.11. The van der Waals surface area contributed by atoms with E-state index in [1.54, 1.807) is 30.4 Å². The minimum atomic E-state index is -0.414.